The Labute approximate surface area is 130 Å². The molecule has 0 saturated carbocycles. The van der Waals surface area contributed by atoms with Gasteiger partial charge >= 0.3 is 0 Å². The average Bonchev–Trinajstić information content (AvgIpc) is 2.90. The van der Waals surface area contributed by atoms with Crippen molar-refractivity contribution >= 4 is 11.6 Å². The van der Waals surface area contributed by atoms with Crippen molar-refractivity contribution in [1.82, 2.24) is 5.06 Å². The van der Waals surface area contributed by atoms with Crippen LogP contribution in [0.25, 0.3) is 0 Å². The van der Waals surface area contributed by atoms with Gasteiger partial charge in [0.05, 0.1) is 5.03 Å². The van der Waals surface area contributed by atoms with Gasteiger partial charge in [-0.1, -0.05) is 72.3 Å². The van der Waals surface area contributed by atoms with Gasteiger partial charge in [0.15, 0.2) is 0 Å². The minimum absolute atomic E-state index is 0.0173. The van der Waals surface area contributed by atoms with Gasteiger partial charge < -0.3 is 4.84 Å². The number of hydrogen-bond acceptors (Lipinski definition) is 2. The van der Waals surface area contributed by atoms with Gasteiger partial charge in [0.25, 0.3) is 0 Å². The average molecular weight is 300 g/mol. The Morgan fingerprint density at radius 2 is 1.62 bits per heavy atom. The highest BCUT2D eigenvalue weighted by Gasteiger charge is 2.29. The summed E-state index contributed by atoms with van der Waals surface area (Å²) >= 11 is 6.30. The van der Waals surface area contributed by atoms with E-state index >= 15 is 0 Å². The molecule has 2 aromatic carbocycles. The maximum absolute atomic E-state index is 6.30. The third kappa shape index (κ3) is 3.46. The van der Waals surface area contributed by atoms with E-state index in [4.69, 9.17) is 16.4 Å². The van der Waals surface area contributed by atoms with Gasteiger partial charge in [0.2, 0.25) is 0 Å². The molecule has 0 spiro atoms. The number of halogens is 1. The maximum Gasteiger partial charge on any atom is 0.128 e. The number of hydroxylamine groups is 2. The van der Waals surface area contributed by atoms with Crippen LogP contribution in [0.3, 0.4) is 0 Å². The molecule has 0 fully saturated rings. The van der Waals surface area contributed by atoms with Crippen molar-refractivity contribution in [2.45, 2.75) is 18.9 Å². The number of rotatable bonds is 5. The van der Waals surface area contributed by atoms with Crippen molar-refractivity contribution in [1.29, 1.82) is 0 Å². The van der Waals surface area contributed by atoms with Gasteiger partial charge in [0.1, 0.15) is 12.3 Å². The quantitative estimate of drug-likeness (QED) is 0.794. The smallest absolute Gasteiger partial charge is 0.128 e. The van der Waals surface area contributed by atoms with Crippen molar-refractivity contribution in [3.8, 4) is 0 Å². The lowest BCUT2D eigenvalue weighted by Gasteiger charge is -2.23. The minimum Gasteiger partial charge on any atom is -0.412 e. The third-order valence-corrected chi connectivity index (χ3v) is 3.95. The van der Waals surface area contributed by atoms with Crippen molar-refractivity contribution in [3.63, 3.8) is 0 Å². The minimum atomic E-state index is 0.0173. The molecule has 108 valence electrons. The van der Waals surface area contributed by atoms with Gasteiger partial charge in [-0.15, -0.1) is 5.06 Å². The predicted molar refractivity (Wildman–Crippen MR) is 85.7 cm³/mol. The van der Waals surface area contributed by atoms with E-state index in [1.165, 1.54) is 5.56 Å². The lowest BCUT2D eigenvalue weighted by atomic mass is 10.1. The largest absolute Gasteiger partial charge is 0.412 e. The lowest BCUT2D eigenvalue weighted by Crippen LogP contribution is -2.24. The van der Waals surface area contributed by atoms with Crippen molar-refractivity contribution in [2.24, 2.45) is 0 Å². The zero-order chi connectivity index (χ0) is 14.5. The molecule has 21 heavy (non-hydrogen) atoms. The Balaban J connectivity index is 1.60. The number of nitrogens with zero attached hydrogens (tertiary/aromatic N) is 1. The highest BCUT2D eigenvalue weighted by molar-refractivity contribution is 6.30. The molecule has 2 nitrogen and oxygen atoms in total. The highest BCUT2D eigenvalue weighted by Crippen LogP contribution is 2.36. The monoisotopic (exact) mass is 299 g/mol. The van der Waals surface area contributed by atoms with E-state index < -0.39 is 0 Å². The van der Waals surface area contributed by atoms with E-state index in [1.807, 2.05) is 29.3 Å². The first-order valence-electron chi connectivity index (χ1n) is 7.22. The van der Waals surface area contributed by atoms with Crippen molar-refractivity contribution in [3.05, 3.63) is 83.1 Å². The molecule has 0 saturated heterocycles. The molecule has 3 rings (SSSR count). The van der Waals surface area contributed by atoms with E-state index in [9.17, 15) is 0 Å². The second-order valence-electron chi connectivity index (χ2n) is 5.15. The first-order chi connectivity index (χ1) is 10.3. The Morgan fingerprint density at radius 1 is 0.952 bits per heavy atom. The molecule has 0 radical (unpaired) electrons. The summed E-state index contributed by atoms with van der Waals surface area (Å²) in [6, 6.07) is 20.8. The normalized spacial score (nSPS) is 18.3. The number of aryl methyl sites for hydroxylation is 1. The van der Waals surface area contributed by atoms with Crippen molar-refractivity contribution < 1.29 is 4.84 Å². The third-order valence-electron chi connectivity index (χ3n) is 3.65. The van der Waals surface area contributed by atoms with E-state index in [0.29, 0.717) is 0 Å². The summed E-state index contributed by atoms with van der Waals surface area (Å²) in [5.41, 5.74) is 2.52. The number of hydrogen-bond donors (Lipinski definition) is 0. The van der Waals surface area contributed by atoms with Gasteiger partial charge in [-0.05, 0) is 24.0 Å². The van der Waals surface area contributed by atoms with Crippen LogP contribution in [-0.4, -0.2) is 11.6 Å². The molecule has 1 atom stereocenters. The summed E-state index contributed by atoms with van der Waals surface area (Å²) in [6.07, 6.45) is 3.72. The van der Waals surface area contributed by atoms with Gasteiger partial charge in [-0.25, -0.2) is 0 Å². The fourth-order valence-corrected chi connectivity index (χ4v) is 2.88. The molecule has 0 N–H and O–H groups in total. The van der Waals surface area contributed by atoms with Gasteiger partial charge in [-0.3, -0.25) is 0 Å². The summed E-state index contributed by atoms with van der Waals surface area (Å²) < 4.78 is 0. The molecule has 1 unspecified atom stereocenters. The summed E-state index contributed by atoms with van der Waals surface area (Å²) in [6.45, 7) is 0.848. The fourth-order valence-electron chi connectivity index (χ4n) is 2.61. The van der Waals surface area contributed by atoms with Crippen molar-refractivity contribution in [2.75, 3.05) is 6.54 Å². The maximum atomic E-state index is 6.30. The zero-order valence-corrected chi connectivity index (χ0v) is 12.5. The van der Waals surface area contributed by atoms with Crippen LogP contribution in [0.15, 0.2) is 72.0 Å². The van der Waals surface area contributed by atoms with Crippen LogP contribution >= 0.6 is 11.6 Å². The highest BCUT2D eigenvalue weighted by atomic mass is 35.5. The van der Waals surface area contributed by atoms with Crippen LogP contribution < -0.4 is 0 Å². The molecule has 0 aliphatic carbocycles. The van der Waals surface area contributed by atoms with Crippen LogP contribution in [0.4, 0.5) is 0 Å². The molecular weight excluding hydrogens is 282 g/mol. The summed E-state index contributed by atoms with van der Waals surface area (Å²) in [5, 5.41) is 2.70. The van der Waals surface area contributed by atoms with Crippen LogP contribution in [0.2, 0.25) is 0 Å². The molecule has 0 bridgehead atoms. The fraction of sp³-hybridized carbons (Fsp3) is 0.222. The van der Waals surface area contributed by atoms with E-state index in [2.05, 4.69) is 36.4 Å². The Hall–Kier alpha value is -1.77. The van der Waals surface area contributed by atoms with Crippen LogP contribution in [0.1, 0.15) is 23.6 Å². The number of benzene rings is 2. The Kier molecular flexibility index (Phi) is 4.59. The first kappa shape index (κ1) is 14.2. The SMILES string of the molecule is ClC1=CON(CCCc2ccccc2)C1c1ccccc1. The standard InChI is InChI=1S/C18H18ClNO/c19-17-14-21-20(18(17)16-11-5-2-6-12-16)13-7-10-15-8-3-1-4-9-15/h1-6,8-9,11-12,14,18H,7,10,13H2. The van der Waals surface area contributed by atoms with Gasteiger partial charge in [0, 0.05) is 6.54 Å². The Morgan fingerprint density at radius 3 is 2.33 bits per heavy atom. The second-order valence-corrected chi connectivity index (χ2v) is 5.59. The first-order valence-corrected chi connectivity index (χ1v) is 7.60. The van der Waals surface area contributed by atoms with Crippen LogP contribution in [0, 0.1) is 0 Å². The molecular formula is C18H18ClNO. The molecule has 0 amide bonds. The lowest BCUT2D eigenvalue weighted by molar-refractivity contribution is -0.106. The molecule has 1 aliphatic heterocycles. The van der Waals surface area contributed by atoms with Crippen LogP contribution in [0.5, 0.6) is 0 Å². The molecule has 3 heteroatoms. The molecule has 1 aliphatic rings. The predicted octanol–water partition coefficient (Wildman–Crippen LogP) is 4.69. The van der Waals surface area contributed by atoms with Crippen LogP contribution in [-0.2, 0) is 11.3 Å². The molecule has 0 aromatic heterocycles. The van der Waals surface area contributed by atoms with E-state index in [-0.39, 0.29) is 6.04 Å². The zero-order valence-electron chi connectivity index (χ0n) is 11.8. The second kappa shape index (κ2) is 6.79. The summed E-state index contributed by atoms with van der Waals surface area (Å²) in [4.78, 5) is 5.61. The molecule has 2 aromatic rings. The molecule has 1 heterocycles. The summed E-state index contributed by atoms with van der Waals surface area (Å²) in [5.74, 6) is 0. The summed E-state index contributed by atoms with van der Waals surface area (Å²) in [7, 11) is 0. The Bertz CT molecular complexity index is 597. The van der Waals surface area contributed by atoms with E-state index in [1.54, 1.807) is 6.26 Å². The van der Waals surface area contributed by atoms with Gasteiger partial charge in [-0.2, -0.15) is 0 Å². The topological polar surface area (TPSA) is 12.5 Å². The van der Waals surface area contributed by atoms with E-state index in [0.717, 1.165) is 30.0 Å².